The largest absolute Gasteiger partial charge is 0.447 e. The van der Waals surface area contributed by atoms with Crippen LogP contribution in [0.25, 0.3) is 0 Å². The fourth-order valence-corrected chi connectivity index (χ4v) is 1.35. The molecule has 14 heavy (non-hydrogen) atoms. The average Bonchev–Trinajstić information content (AvgIpc) is 2.07. The molecule has 2 N–H and O–H groups in total. The highest BCUT2D eigenvalue weighted by molar-refractivity contribution is 9.11. The van der Waals surface area contributed by atoms with E-state index >= 15 is 0 Å². The highest BCUT2D eigenvalue weighted by atomic mass is 79.9. The number of amides is 1. The van der Waals surface area contributed by atoms with Gasteiger partial charge in [-0.05, 0) is 26.1 Å². The van der Waals surface area contributed by atoms with Gasteiger partial charge in [0, 0.05) is 10.7 Å². The van der Waals surface area contributed by atoms with Crippen LogP contribution in [-0.2, 0) is 4.74 Å². The number of ether oxygens (including phenoxy) is 1. The molecule has 0 radical (unpaired) electrons. The number of alkyl carbamates (subject to hydrolysis) is 1. The quantitative estimate of drug-likeness (QED) is 0.797. The van der Waals surface area contributed by atoms with Crippen LogP contribution in [0.2, 0.25) is 0 Å². The van der Waals surface area contributed by atoms with Crippen LogP contribution in [0.5, 0.6) is 0 Å². The smallest absolute Gasteiger partial charge is 0.408 e. The minimum atomic E-state index is -0.415. The van der Waals surface area contributed by atoms with E-state index in [1.807, 2.05) is 19.9 Å². The summed E-state index contributed by atoms with van der Waals surface area (Å²) in [5.74, 6) is 0. The first-order valence-corrected chi connectivity index (χ1v) is 5.14. The lowest BCUT2D eigenvalue weighted by Crippen LogP contribution is -2.36. The Hall–Kier alpha value is -0.970. The van der Waals surface area contributed by atoms with Gasteiger partial charge >= 0.3 is 6.09 Å². The molecule has 1 atom stereocenters. The van der Waals surface area contributed by atoms with Crippen LogP contribution in [0.1, 0.15) is 13.8 Å². The first-order valence-electron chi connectivity index (χ1n) is 4.35. The minimum Gasteiger partial charge on any atom is -0.447 e. The van der Waals surface area contributed by atoms with Crippen molar-refractivity contribution >= 4 is 22.0 Å². The molecule has 1 amide bonds. The van der Waals surface area contributed by atoms with E-state index in [-0.39, 0.29) is 12.1 Å². The van der Waals surface area contributed by atoms with Crippen molar-refractivity contribution in [2.75, 3.05) is 0 Å². The fraction of sp³-hybridized carbons (Fsp3) is 0.444. The monoisotopic (exact) mass is 260 g/mol. The number of hydrogen-bond acceptors (Lipinski definition) is 3. The van der Waals surface area contributed by atoms with Crippen molar-refractivity contribution in [1.82, 2.24) is 10.6 Å². The molecule has 0 aromatic carbocycles. The lowest BCUT2D eigenvalue weighted by molar-refractivity contribution is 0.115. The predicted octanol–water partition coefficient (Wildman–Crippen LogP) is 1.84. The second-order valence-electron chi connectivity index (χ2n) is 3.13. The molecule has 1 aliphatic heterocycles. The van der Waals surface area contributed by atoms with Crippen molar-refractivity contribution in [2.45, 2.75) is 26.0 Å². The summed E-state index contributed by atoms with van der Waals surface area (Å²) in [6.45, 7) is 3.62. The summed E-state index contributed by atoms with van der Waals surface area (Å²) in [4.78, 5) is 11.2. The Morgan fingerprint density at radius 1 is 1.71 bits per heavy atom. The van der Waals surface area contributed by atoms with Gasteiger partial charge in [0.25, 0.3) is 0 Å². The lowest BCUT2D eigenvalue weighted by atomic mass is 10.2. The molecule has 1 aliphatic rings. The number of halogens is 1. The third-order valence-electron chi connectivity index (χ3n) is 1.52. The molecule has 0 bridgehead atoms. The molecular weight excluding hydrogens is 248 g/mol. The molecule has 1 heterocycles. The Balaban J connectivity index is 2.43. The highest BCUT2D eigenvalue weighted by Gasteiger charge is 2.15. The molecule has 4 nitrogen and oxygen atoms in total. The van der Waals surface area contributed by atoms with Gasteiger partial charge in [-0.3, -0.25) is 0 Å². The topological polar surface area (TPSA) is 50.4 Å². The SMILES string of the molecule is CC(C)OC(=O)NC1C=CNC=C1Br. The standard InChI is InChI=1S/C9H13BrN2O2/c1-6(2)14-9(13)12-8-3-4-11-5-7(8)10/h3-6,8,11H,1-2H3,(H,12,13). The molecule has 78 valence electrons. The Morgan fingerprint density at radius 2 is 2.43 bits per heavy atom. The second-order valence-corrected chi connectivity index (χ2v) is 4.05. The Kier molecular flexibility index (Phi) is 4.00. The van der Waals surface area contributed by atoms with Crippen molar-refractivity contribution in [2.24, 2.45) is 0 Å². The van der Waals surface area contributed by atoms with E-state index in [0.29, 0.717) is 0 Å². The van der Waals surface area contributed by atoms with Crippen LogP contribution in [0.4, 0.5) is 4.79 Å². The summed E-state index contributed by atoms with van der Waals surface area (Å²) >= 11 is 3.33. The third-order valence-corrected chi connectivity index (χ3v) is 2.24. The van der Waals surface area contributed by atoms with Crippen molar-refractivity contribution in [3.8, 4) is 0 Å². The molecule has 0 spiro atoms. The normalized spacial score (nSPS) is 20.0. The minimum absolute atomic E-state index is 0.108. The molecule has 0 aromatic heterocycles. The lowest BCUT2D eigenvalue weighted by Gasteiger charge is -2.18. The maximum atomic E-state index is 11.2. The Bertz CT molecular complexity index is 274. The van der Waals surface area contributed by atoms with Crippen LogP contribution >= 0.6 is 15.9 Å². The van der Waals surface area contributed by atoms with Crippen LogP contribution in [0, 0.1) is 0 Å². The van der Waals surface area contributed by atoms with Gasteiger partial charge in [-0.2, -0.15) is 0 Å². The van der Waals surface area contributed by atoms with Crippen molar-refractivity contribution in [3.05, 3.63) is 23.0 Å². The Labute approximate surface area is 91.5 Å². The van der Waals surface area contributed by atoms with Gasteiger partial charge < -0.3 is 15.4 Å². The number of carbonyl (C=O) groups excluding carboxylic acids is 1. The maximum absolute atomic E-state index is 11.2. The third kappa shape index (κ3) is 3.41. The highest BCUT2D eigenvalue weighted by Crippen LogP contribution is 2.13. The average molecular weight is 261 g/mol. The molecule has 1 unspecified atom stereocenters. The van der Waals surface area contributed by atoms with Crippen LogP contribution in [-0.4, -0.2) is 18.2 Å². The Morgan fingerprint density at radius 3 is 3.00 bits per heavy atom. The number of carbonyl (C=O) groups is 1. The first kappa shape index (κ1) is 11.1. The zero-order valence-electron chi connectivity index (χ0n) is 8.08. The summed E-state index contributed by atoms with van der Waals surface area (Å²) in [6.07, 6.45) is 4.82. The van der Waals surface area contributed by atoms with Gasteiger partial charge in [0.1, 0.15) is 0 Å². The molecular formula is C9H13BrN2O2. The summed E-state index contributed by atoms with van der Waals surface area (Å²) in [5, 5.41) is 5.59. The zero-order chi connectivity index (χ0) is 10.6. The number of hydrogen-bond donors (Lipinski definition) is 2. The molecule has 0 fully saturated rings. The van der Waals surface area contributed by atoms with E-state index in [1.54, 1.807) is 12.4 Å². The van der Waals surface area contributed by atoms with E-state index < -0.39 is 6.09 Å². The molecule has 0 aromatic rings. The summed E-state index contributed by atoms with van der Waals surface area (Å²) in [7, 11) is 0. The fourth-order valence-electron chi connectivity index (χ4n) is 0.953. The van der Waals surface area contributed by atoms with Gasteiger partial charge in [0.2, 0.25) is 0 Å². The van der Waals surface area contributed by atoms with Crippen molar-refractivity contribution < 1.29 is 9.53 Å². The van der Waals surface area contributed by atoms with Gasteiger partial charge in [0.15, 0.2) is 0 Å². The molecule has 0 saturated heterocycles. The van der Waals surface area contributed by atoms with E-state index in [2.05, 4.69) is 26.6 Å². The summed E-state index contributed by atoms with van der Waals surface area (Å²) in [5.41, 5.74) is 0. The van der Waals surface area contributed by atoms with Gasteiger partial charge in [-0.1, -0.05) is 15.9 Å². The van der Waals surface area contributed by atoms with Gasteiger partial charge in [-0.15, -0.1) is 0 Å². The van der Waals surface area contributed by atoms with E-state index in [0.717, 1.165) is 4.48 Å². The van der Waals surface area contributed by atoms with E-state index in [1.165, 1.54) is 0 Å². The number of nitrogens with one attached hydrogen (secondary N) is 2. The first-order chi connectivity index (χ1) is 6.59. The zero-order valence-corrected chi connectivity index (χ0v) is 9.67. The molecule has 1 rings (SSSR count). The molecule has 0 aliphatic carbocycles. The maximum Gasteiger partial charge on any atom is 0.408 e. The predicted molar refractivity (Wildman–Crippen MR) is 57.8 cm³/mol. The second kappa shape index (κ2) is 5.05. The number of dihydropyridines is 1. The number of rotatable bonds is 2. The van der Waals surface area contributed by atoms with Crippen LogP contribution in [0.15, 0.2) is 23.0 Å². The van der Waals surface area contributed by atoms with Gasteiger partial charge in [-0.25, -0.2) is 4.79 Å². The summed E-state index contributed by atoms with van der Waals surface area (Å²) in [6, 6.07) is -0.150. The summed E-state index contributed by atoms with van der Waals surface area (Å²) < 4.78 is 5.81. The van der Waals surface area contributed by atoms with Gasteiger partial charge in [0.05, 0.1) is 12.1 Å². The molecule has 5 heteroatoms. The van der Waals surface area contributed by atoms with Crippen LogP contribution in [0.3, 0.4) is 0 Å². The van der Waals surface area contributed by atoms with E-state index in [4.69, 9.17) is 4.74 Å². The van der Waals surface area contributed by atoms with Crippen molar-refractivity contribution in [3.63, 3.8) is 0 Å². The van der Waals surface area contributed by atoms with Crippen LogP contribution < -0.4 is 10.6 Å². The van der Waals surface area contributed by atoms with E-state index in [9.17, 15) is 4.79 Å². The van der Waals surface area contributed by atoms with Crippen molar-refractivity contribution in [1.29, 1.82) is 0 Å². The molecule has 0 saturated carbocycles.